The maximum atomic E-state index is 12.7. The topological polar surface area (TPSA) is 78.9 Å². The molecule has 0 aromatic rings. The summed E-state index contributed by atoms with van der Waals surface area (Å²) in [4.78, 5) is 37.8. The predicted molar refractivity (Wildman–Crippen MR) is 260 cm³/mol. The lowest BCUT2D eigenvalue weighted by atomic mass is 10.1. The summed E-state index contributed by atoms with van der Waals surface area (Å²) >= 11 is 0. The fourth-order valence-corrected chi connectivity index (χ4v) is 6.02. The molecule has 342 valence electrons. The molecule has 0 aromatic heterocycles. The number of carbonyl (C=O) groups is 3. The highest BCUT2D eigenvalue weighted by atomic mass is 16.6. The van der Waals surface area contributed by atoms with Crippen molar-refractivity contribution in [2.75, 3.05) is 13.2 Å². The minimum atomic E-state index is -0.814. The molecule has 6 nitrogen and oxygen atoms in total. The van der Waals surface area contributed by atoms with Crippen LogP contribution < -0.4 is 0 Å². The Morgan fingerprint density at radius 1 is 0.361 bits per heavy atom. The summed E-state index contributed by atoms with van der Waals surface area (Å²) in [5, 5.41) is 0. The number of carbonyl (C=O) groups excluding carboxylic acids is 3. The molecule has 0 aliphatic rings. The van der Waals surface area contributed by atoms with Gasteiger partial charge in [-0.2, -0.15) is 0 Å². The molecule has 0 heterocycles. The summed E-state index contributed by atoms with van der Waals surface area (Å²) in [6.45, 7) is 6.27. The van der Waals surface area contributed by atoms with Gasteiger partial charge in [-0.25, -0.2) is 0 Å². The van der Waals surface area contributed by atoms with E-state index in [0.717, 1.165) is 103 Å². The van der Waals surface area contributed by atoms with E-state index in [4.69, 9.17) is 14.2 Å². The number of hydrogen-bond donors (Lipinski definition) is 0. The summed E-state index contributed by atoms with van der Waals surface area (Å²) < 4.78 is 16.7. The van der Waals surface area contributed by atoms with Gasteiger partial charge < -0.3 is 14.2 Å². The fourth-order valence-electron chi connectivity index (χ4n) is 6.02. The molecule has 0 rings (SSSR count). The van der Waals surface area contributed by atoms with Crippen molar-refractivity contribution in [2.24, 2.45) is 0 Å². The first-order chi connectivity index (χ1) is 30.0. The van der Waals surface area contributed by atoms with Crippen LogP contribution in [0.5, 0.6) is 0 Å². The van der Waals surface area contributed by atoms with E-state index in [2.05, 4.69) is 93.7 Å². The van der Waals surface area contributed by atoms with E-state index in [9.17, 15) is 14.4 Å². The Morgan fingerprint density at radius 2 is 0.721 bits per heavy atom. The molecule has 0 spiro atoms. The van der Waals surface area contributed by atoms with E-state index in [0.29, 0.717) is 19.3 Å². The molecule has 61 heavy (non-hydrogen) atoms. The Morgan fingerprint density at radius 3 is 1.20 bits per heavy atom. The molecule has 0 saturated heterocycles. The lowest BCUT2D eigenvalue weighted by Gasteiger charge is -2.18. The summed E-state index contributed by atoms with van der Waals surface area (Å²) in [7, 11) is 0. The van der Waals surface area contributed by atoms with Crippen LogP contribution in [-0.2, 0) is 28.6 Å². The molecule has 0 aromatic carbocycles. The van der Waals surface area contributed by atoms with Gasteiger partial charge in [-0.3, -0.25) is 14.4 Å². The number of hydrogen-bond acceptors (Lipinski definition) is 6. The Balaban J connectivity index is 4.51. The van der Waals surface area contributed by atoms with Crippen LogP contribution in [0.2, 0.25) is 0 Å². The smallest absolute Gasteiger partial charge is 0.306 e. The van der Waals surface area contributed by atoms with Gasteiger partial charge in [-0.15, -0.1) is 0 Å². The monoisotopic (exact) mass is 843 g/mol. The molecule has 1 unspecified atom stereocenters. The fraction of sp³-hybridized carbons (Fsp3) is 0.582. The minimum absolute atomic E-state index is 0.109. The molecule has 6 heteroatoms. The zero-order chi connectivity index (χ0) is 44.4. The first-order valence-electron chi connectivity index (χ1n) is 24.1. The van der Waals surface area contributed by atoms with E-state index in [-0.39, 0.29) is 37.5 Å². The van der Waals surface area contributed by atoms with E-state index < -0.39 is 6.10 Å². The minimum Gasteiger partial charge on any atom is -0.462 e. The van der Waals surface area contributed by atoms with Crippen LogP contribution in [0.3, 0.4) is 0 Å². The third kappa shape index (κ3) is 46.7. The second kappa shape index (κ2) is 48.5. The zero-order valence-corrected chi connectivity index (χ0v) is 38.9. The second-order valence-electron chi connectivity index (χ2n) is 15.4. The predicted octanol–water partition coefficient (Wildman–Crippen LogP) is 15.7. The summed E-state index contributed by atoms with van der Waals surface area (Å²) in [5.41, 5.74) is 0. The number of allylic oxidation sites excluding steroid dienone is 20. The van der Waals surface area contributed by atoms with Crippen molar-refractivity contribution in [3.63, 3.8) is 0 Å². The first kappa shape index (κ1) is 56.8. The normalized spacial score (nSPS) is 13.2. The highest BCUT2D eigenvalue weighted by molar-refractivity contribution is 5.71. The molecular formula is C55H86O6. The molecule has 0 amide bonds. The Kier molecular flexibility index (Phi) is 45.1. The van der Waals surface area contributed by atoms with E-state index in [1.807, 2.05) is 48.6 Å². The van der Waals surface area contributed by atoms with Crippen molar-refractivity contribution in [3.8, 4) is 0 Å². The molecule has 0 N–H and O–H groups in total. The van der Waals surface area contributed by atoms with Gasteiger partial charge in [0.05, 0.1) is 0 Å². The van der Waals surface area contributed by atoms with Crippen molar-refractivity contribution in [1.29, 1.82) is 0 Å². The Bertz CT molecular complexity index is 1340. The van der Waals surface area contributed by atoms with Crippen LogP contribution in [0.15, 0.2) is 122 Å². The molecule has 0 aliphatic carbocycles. The van der Waals surface area contributed by atoms with Gasteiger partial charge in [0.2, 0.25) is 0 Å². The molecule has 0 radical (unpaired) electrons. The quantitative estimate of drug-likeness (QED) is 0.0201. The van der Waals surface area contributed by atoms with Crippen LogP contribution >= 0.6 is 0 Å². The van der Waals surface area contributed by atoms with Crippen LogP contribution in [0.25, 0.3) is 0 Å². The van der Waals surface area contributed by atoms with Gasteiger partial charge in [0.15, 0.2) is 6.10 Å². The van der Waals surface area contributed by atoms with Crippen molar-refractivity contribution in [1.82, 2.24) is 0 Å². The maximum Gasteiger partial charge on any atom is 0.306 e. The van der Waals surface area contributed by atoms with Crippen LogP contribution in [0, 0.1) is 0 Å². The molecule has 0 aliphatic heterocycles. The third-order valence-corrected chi connectivity index (χ3v) is 9.59. The maximum absolute atomic E-state index is 12.7. The van der Waals surface area contributed by atoms with Crippen LogP contribution in [-0.4, -0.2) is 37.2 Å². The van der Waals surface area contributed by atoms with Crippen molar-refractivity contribution in [2.45, 2.75) is 194 Å². The lowest BCUT2D eigenvalue weighted by molar-refractivity contribution is -0.167. The Labute approximate surface area is 373 Å². The average Bonchev–Trinajstić information content (AvgIpc) is 3.26. The first-order valence-corrected chi connectivity index (χ1v) is 24.1. The van der Waals surface area contributed by atoms with E-state index >= 15 is 0 Å². The van der Waals surface area contributed by atoms with Crippen molar-refractivity contribution in [3.05, 3.63) is 122 Å². The summed E-state index contributed by atoms with van der Waals surface area (Å²) in [6.07, 6.45) is 66.1. The van der Waals surface area contributed by atoms with Crippen molar-refractivity contribution >= 4 is 17.9 Å². The van der Waals surface area contributed by atoms with Gasteiger partial charge >= 0.3 is 17.9 Å². The van der Waals surface area contributed by atoms with Gasteiger partial charge in [-0.1, -0.05) is 206 Å². The van der Waals surface area contributed by atoms with E-state index in [1.165, 1.54) is 38.5 Å². The standard InChI is InChI=1S/C55H86O6/c1-4-7-10-13-16-19-21-23-25-26-27-28-30-31-33-36-39-42-45-48-54(57)60-51-52(50-59-53(56)47-44-41-38-35-18-15-12-9-6-3)61-55(58)49-46-43-40-37-34-32-29-24-22-20-17-14-11-8-5-2/h7-8,10-11,14,16-17,19-20,22-25,27-29,31-34,52H,4-6,9,12-13,15,18,21,26,30,35-51H2,1-3H3/b10-7-,11-8-,17-14-,19-16-,22-20-,25-23-,28-27-,29-24-,33-31-,34-32-. The summed E-state index contributed by atoms with van der Waals surface area (Å²) in [5.74, 6) is -0.999. The number of rotatable bonds is 41. The van der Waals surface area contributed by atoms with Crippen molar-refractivity contribution < 1.29 is 28.6 Å². The van der Waals surface area contributed by atoms with E-state index in [1.54, 1.807) is 0 Å². The summed E-state index contributed by atoms with van der Waals surface area (Å²) in [6, 6.07) is 0. The SMILES string of the molecule is CC\C=C/C=C\C=C/C=C\C=C/CCCCCC(=O)OC(COC(=O)CCCCC/C=C\C/C=C\C/C=C\C/C=C\C/C=C\CC)COC(=O)CCCCCCCCCCC. The number of esters is 3. The van der Waals surface area contributed by atoms with Gasteiger partial charge in [0, 0.05) is 19.3 Å². The molecule has 1 atom stereocenters. The number of ether oxygens (including phenoxy) is 3. The Hall–Kier alpha value is -4.19. The molecule has 0 fully saturated rings. The van der Waals surface area contributed by atoms with Crippen LogP contribution in [0.4, 0.5) is 0 Å². The van der Waals surface area contributed by atoms with Gasteiger partial charge in [0.1, 0.15) is 13.2 Å². The zero-order valence-electron chi connectivity index (χ0n) is 38.9. The van der Waals surface area contributed by atoms with Gasteiger partial charge in [0.25, 0.3) is 0 Å². The molecule has 0 bridgehead atoms. The average molecular weight is 843 g/mol. The third-order valence-electron chi connectivity index (χ3n) is 9.59. The largest absolute Gasteiger partial charge is 0.462 e. The second-order valence-corrected chi connectivity index (χ2v) is 15.4. The number of unbranched alkanes of at least 4 members (excludes halogenated alkanes) is 14. The highest BCUT2D eigenvalue weighted by Crippen LogP contribution is 2.12. The van der Waals surface area contributed by atoms with Crippen LogP contribution in [0.1, 0.15) is 188 Å². The highest BCUT2D eigenvalue weighted by Gasteiger charge is 2.19. The lowest BCUT2D eigenvalue weighted by Crippen LogP contribution is -2.30. The van der Waals surface area contributed by atoms with Gasteiger partial charge in [-0.05, 0) is 83.5 Å². The molecule has 0 saturated carbocycles. The molecular weight excluding hydrogens is 757 g/mol.